The van der Waals surface area contributed by atoms with E-state index in [4.69, 9.17) is 5.11 Å². The largest absolute Gasteiger partial charge is 0.480 e. The Bertz CT molecular complexity index is 1100. The third-order valence-corrected chi connectivity index (χ3v) is 4.72. The highest BCUT2D eigenvalue weighted by Crippen LogP contribution is 2.22. The van der Waals surface area contributed by atoms with Crippen LogP contribution in [0.1, 0.15) is 18.0 Å². The van der Waals surface area contributed by atoms with Crippen molar-refractivity contribution in [2.45, 2.75) is 19.4 Å². The molecule has 1 N–H and O–H groups in total. The molecule has 138 valence electrons. The molecule has 1 aliphatic heterocycles. The summed E-state index contributed by atoms with van der Waals surface area (Å²) in [5.41, 5.74) is 1.93. The molecule has 9 heteroatoms. The van der Waals surface area contributed by atoms with Crippen molar-refractivity contribution in [1.29, 1.82) is 0 Å². The van der Waals surface area contributed by atoms with Crippen LogP contribution in [0.3, 0.4) is 0 Å². The number of carbonyl (C=O) groups is 2. The number of fused-ring (bicyclic) bond motifs is 1. The lowest BCUT2D eigenvalue weighted by Gasteiger charge is -2.15. The Morgan fingerprint density at radius 3 is 2.70 bits per heavy atom. The fourth-order valence-electron chi connectivity index (χ4n) is 3.32. The van der Waals surface area contributed by atoms with E-state index in [1.54, 1.807) is 4.68 Å². The Labute approximate surface area is 153 Å². The van der Waals surface area contributed by atoms with E-state index in [9.17, 15) is 14.4 Å². The summed E-state index contributed by atoms with van der Waals surface area (Å²) in [5, 5.41) is 13.5. The van der Waals surface area contributed by atoms with Crippen molar-refractivity contribution in [2.24, 2.45) is 0 Å². The molecular weight excluding hydrogens is 350 g/mol. The molecule has 1 unspecified atom stereocenters. The number of carboxylic acids is 1. The molecule has 1 fully saturated rings. The van der Waals surface area contributed by atoms with Gasteiger partial charge in [0.1, 0.15) is 24.3 Å². The predicted octanol–water partition coefficient (Wildman–Crippen LogP) is 0.749. The predicted molar refractivity (Wildman–Crippen MR) is 95.7 cm³/mol. The number of aromatic nitrogens is 4. The highest BCUT2D eigenvalue weighted by Gasteiger charge is 2.35. The van der Waals surface area contributed by atoms with Crippen LogP contribution < -0.4 is 5.56 Å². The second-order valence-corrected chi connectivity index (χ2v) is 6.54. The van der Waals surface area contributed by atoms with E-state index in [2.05, 4.69) is 10.1 Å². The Morgan fingerprint density at radius 1 is 1.26 bits per heavy atom. The average Bonchev–Trinajstić information content (AvgIpc) is 3.21. The van der Waals surface area contributed by atoms with Gasteiger partial charge in [0.25, 0.3) is 5.56 Å². The number of hydrogen-bond acceptors (Lipinski definition) is 5. The summed E-state index contributed by atoms with van der Waals surface area (Å²) in [4.78, 5) is 41.7. The van der Waals surface area contributed by atoms with Gasteiger partial charge in [0, 0.05) is 6.54 Å². The smallest absolute Gasteiger partial charge is 0.323 e. The molecule has 27 heavy (non-hydrogen) atoms. The lowest BCUT2D eigenvalue weighted by molar-refractivity contribution is -0.143. The van der Waals surface area contributed by atoms with Gasteiger partial charge in [-0.05, 0) is 25.5 Å². The van der Waals surface area contributed by atoms with Crippen LogP contribution >= 0.6 is 0 Å². The number of amides is 1. The molecular formula is C18H17N5O4. The van der Waals surface area contributed by atoms with Gasteiger partial charge < -0.3 is 10.0 Å². The number of aryl methyl sites for hydroxylation is 1. The van der Waals surface area contributed by atoms with Crippen molar-refractivity contribution < 1.29 is 14.7 Å². The maximum absolute atomic E-state index is 12.9. The zero-order valence-electron chi connectivity index (χ0n) is 14.6. The minimum absolute atomic E-state index is 0.295. The van der Waals surface area contributed by atoms with Crippen molar-refractivity contribution in [3.05, 3.63) is 52.7 Å². The zero-order chi connectivity index (χ0) is 19.1. The van der Waals surface area contributed by atoms with E-state index in [1.165, 1.54) is 22.0 Å². The number of rotatable bonds is 4. The molecule has 0 saturated carbocycles. The summed E-state index contributed by atoms with van der Waals surface area (Å²) >= 11 is 0. The van der Waals surface area contributed by atoms with Gasteiger partial charge in [-0.3, -0.25) is 19.0 Å². The molecule has 0 spiro atoms. The van der Waals surface area contributed by atoms with Crippen LogP contribution in [-0.2, 0) is 9.59 Å². The van der Waals surface area contributed by atoms with E-state index in [-0.39, 0.29) is 18.0 Å². The Hall–Kier alpha value is -3.49. The van der Waals surface area contributed by atoms with Gasteiger partial charge in [0.15, 0.2) is 5.65 Å². The highest BCUT2D eigenvalue weighted by atomic mass is 16.4. The summed E-state index contributed by atoms with van der Waals surface area (Å²) < 4.78 is 2.85. The van der Waals surface area contributed by atoms with Gasteiger partial charge in [0.05, 0.1) is 11.9 Å². The number of carboxylic acid groups (broad SMARTS) is 1. The number of aliphatic carboxylic acids is 1. The molecule has 3 heterocycles. The van der Waals surface area contributed by atoms with Crippen LogP contribution in [0.2, 0.25) is 0 Å². The van der Waals surface area contributed by atoms with Crippen LogP contribution in [0.5, 0.6) is 0 Å². The fraction of sp³-hybridized carbons (Fsp3) is 0.278. The van der Waals surface area contributed by atoms with E-state index >= 15 is 0 Å². The minimum atomic E-state index is -1.08. The fourth-order valence-corrected chi connectivity index (χ4v) is 3.32. The van der Waals surface area contributed by atoms with E-state index in [0.717, 1.165) is 11.3 Å². The minimum Gasteiger partial charge on any atom is -0.480 e. The Kier molecular flexibility index (Phi) is 3.98. The molecule has 0 bridgehead atoms. The van der Waals surface area contributed by atoms with Crippen molar-refractivity contribution in [2.75, 3.05) is 13.1 Å². The van der Waals surface area contributed by atoms with Crippen molar-refractivity contribution >= 4 is 22.9 Å². The normalized spacial score (nSPS) is 17.0. The maximum atomic E-state index is 12.9. The van der Waals surface area contributed by atoms with Crippen LogP contribution in [-0.4, -0.2) is 54.3 Å². The van der Waals surface area contributed by atoms with Gasteiger partial charge in [-0.1, -0.05) is 17.7 Å². The number of benzene rings is 1. The second kappa shape index (κ2) is 6.35. The molecule has 3 aromatic rings. The molecule has 9 nitrogen and oxygen atoms in total. The van der Waals surface area contributed by atoms with Crippen molar-refractivity contribution in [3.8, 4) is 5.69 Å². The first-order valence-corrected chi connectivity index (χ1v) is 8.48. The second-order valence-electron chi connectivity index (χ2n) is 6.54. The molecule has 4 rings (SSSR count). The molecule has 1 aromatic carbocycles. The summed E-state index contributed by atoms with van der Waals surface area (Å²) in [6.07, 6.45) is 3.14. The van der Waals surface area contributed by atoms with Crippen molar-refractivity contribution in [3.63, 3.8) is 0 Å². The first-order valence-electron chi connectivity index (χ1n) is 8.48. The van der Waals surface area contributed by atoms with E-state index in [0.29, 0.717) is 24.0 Å². The number of carbonyl (C=O) groups excluding carboxylic acids is 1. The van der Waals surface area contributed by atoms with E-state index in [1.807, 2.05) is 31.2 Å². The zero-order valence-corrected chi connectivity index (χ0v) is 14.6. The van der Waals surface area contributed by atoms with Gasteiger partial charge in [-0.25, -0.2) is 9.67 Å². The number of hydrogen-bond donors (Lipinski definition) is 1. The Balaban J connectivity index is 1.72. The lowest BCUT2D eigenvalue weighted by Crippen LogP contribution is -2.35. The quantitative estimate of drug-likeness (QED) is 0.729. The first-order chi connectivity index (χ1) is 13.0. The Morgan fingerprint density at radius 2 is 2.00 bits per heavy atom. The molecule has 0 radical (unpaired) electrons. The van der Waals surface area contributed by atoms with Gasteiger partial charge in [0.2, 0.25) is 5.91 Å². The highest BCUT2D eigenvalue weighted by molar-refractivity contribution is 5.86. The molecule has 1 saturated heterocycles. The molecule has 0 aliphatic carbocycles. The van der Waals surface area contributed by atoms with Crippen LogP contribution in [0, 0.1) is 6.92 Å². The standard InChI is InChI=1S/C18H17N5O4/c1-11-2-4-12(5-3-11)23-16-13(8-20-23)17(26)22(10-19-16)14-6-7-21(18(14)27)9-15(24)25/h2-5,8,10,14H,6-7,9H2,1H3,(H,24,25). The lowest BCUT2D eigenvalue weighted by atomic mass is 10.2. The van der Waals surface area contributed by atoms with Crippen LogP contribution in [0.4, 0.5) is 0 Å². The van der Waals surface area contributed by atoms with Gasteiger partial charge >= 0.3 is 5.97 Å². The monoisotopic (exact) mass is 367 g/mol. The van der Waals surface area contributed by atoms with Gasteiger partial charge in [-0.2, -0.15) is 5.10 Å². The molecule has 1 atom stereocenters. The van der Waals surface area contributed by atoms with Crippen molar-refractivity contribution in [1.82, 2.24) is 24.2 Å². The number of nitrogens with zero attached hydrogens (tertiary/aromatic N) is 5. The van der Waals surface area contributed by atoms with E-state index < -0.39 is 12.0 Å². The summed E-state index contributed by atoms with van der Waals surface area (Å²) in [7, 11) is 0. The van der Waals surface area contributed by atoms with Gasteiger partial charge in [-0.15, -0.1) is 0 Å². The number of likely N-dealkylation sites (tertiary alicyclic amines) is 1. The van der Waals surface area contributed by atoms with Crippen LogP contribution in [0.25, 0.3) is 16.7 Å². The maximum Gasteiger partial charge on any atom is 0.323 e. The third kappa shape index (κ3) is 2.86. The summed E-state index contributed by atoms with van der Waals surface area (Å²) in [5.74, 6) is -1.46. The van der Waals surface area contributed by atoms with Crippen LogP contribution in [0.15, 0.2) is 41.6 Å². The topological polar surface area (TPSA) is 110 Å². The SMILES string of the molecule is Cc1ccc(-n2ncc3c(=O)n(C4CCN(CC(=O)O)C4=O)cnc32)cc1. The third-order valence-electron chi connectivity index (χ3n) is 4.72. The summed E-state index contributed by atoms with van der Waals surface area (Å²) in [6.45, 7) is 1.90. The first kappa shape index (κ1) is 17.0. The molecule has 1 aliphatic rings. The molecule has 1 amide bonds. The average molecular weight is 367 g/mol. The summed E-state index contributed by atoms with van der Waals surface area (Å²) in [6, 6.07) is 6.92. The molecule has 2 aromatic heterocycles.